The van der Waals surface area contributed by atoms with E-state index in [4.69, 9.17) is 4.98 Å². The first kappa shape index (κ1) is 27.9. The first-order valence-electron chi connectivity index (χ1n) is 15.0. The number of aromatic hydroxyl groups is 1. The van der Waals surface area contributed by atoms with E-state index in [9.17, 15) is 5.11 Å². The molecular weight excluding hydrogens is 484 g/mol. The molecule has 0 spiro atoms. The van der Waals surface area contributed by atoms with Gasteiger partial charge >= 0.3 is 0 Å². The van der Waals surface area contributed by atoms with E-state index in [1.807, 2.05) is 12.1 Å². The van der Waals surface area contributed by atoms with E-state index in [0.29, 0.717) is 23.9 Å². The van der Waals surface area contributed by atoms with Crippen LogP contribution in [0.15, 0.2) is 42.5 Å². The molecule has 3 aromatic rings. The van der Waals surface area contributed by atoms with Crippen LogP contribution < -0.4 is 10.2 Å². The molecule has 7 nitrogen and oxygen atoms in total. The second-order valence-electron chi connectivity index (χ2n) is 12.1. The van der Waals surface area contributed by atoms with Crippen LogP contribution in [0.4, 0.5) is 5.69 Å². The maximum absolute atomic E-state index is 10.2. The van der Waals surface area contributed by atoms with Gasteiger partial charge in [-0.2, -0.15) is 0 Å². The maximum Gasteiger partial charge on any atom is 0.127 e. The van der Waals surface area contributed by atoms with Gasteiger partial charge in [0.15, 0.2) is 0 Å². The van der Waals surface area contributed by atoms with Crippen molar-refractivity contribution in [3.05, 3.63) is 53.9 Å². The van der Waals surface area contributed by atoms with Gasteiger partial charge < -0.3 is 19.9 Å². The molecule has 2 N–H and O–H groups in total. The zero-order chi connectivity index (χ0) is 27.7. The molecule has 3 heterocycles. The van der Waals surface area contributed by atoms with E-state index in [0.717, 1.165) is 63.9 Å². The van der Waals surface area contributed by atoms with Crippen LogP contribution in [0.3, 0.4) is 0 Å². The summed E-state index contributed by atoms with van der Waals surface area (Å²) < 4.78 is 2.47. The van der Waals surface area contributed by atoms with Crippen molar-refractivity contribution in [2.75, 3.05) is 45.2 Å². The minimum absolute atomic E-state index is 0.0668. The molecule has 0 saturated carbocycles. The zero-order valence-electron chi connectivity index (χ0n) is 24.8. The average molecular weight is 533 g/mol. The number of piperidine rings is 1. The minimum atomic E-state index is -0.0668. The van der Waals surface area contributed by atoms with Crippen molar-refractivity contribution in [2.24, 2.45) is 0 Å². The highest BCUT2D eigenvalue weighted by molar-refractivity contribution is 5.81. The molecule has 212 valence electrons. The number of benzene rings is 2. The average Bonchev–Trinajstić information content (AvgIpc) is 3.28. The Morgan fingerprint density at radius 3 is 2.38 bits per heavy atom. The fraction of sp³-hybridized carbons (Fsp3) is 0.594. The fourth-order valence-electron chi connectivity index (χ4n) is 7.21. The lowest BCUT2D eigenvalue weighted by atomic mass is 9.79. The fourth-order valence-corrected chi connectivity index (χ4v) is 7.21. The van der Waals surface area contributed by atoms with Crippen LogP contribution in [0.2, 0.25) is 0 Å². The van der Waals surface area contributed by atoms with Gasteiger partial charge in [0.25, 0.3) is 0 Å². The van der Waals surface area contributed by atoms with Crippen molar-refractivity contribution in [2.45, 2.75) is 83.6 Å². The van der Waals surface area contributed by atoms with Crippen LogP contribution in [0.5, 0.6) is 5.75 Å². The SMILES string of the molecule is CCCC(c1nc2ccc(N3CCC(c4cccc(O)c4)(N(C)C)CC3)cc2n1CC)N1C[C@@H](C)N[C@@H](C)C1. The first-order chi connectivity index (χ1) is 18.8. The van der Waals surface area contributed by atoms with Crippen molar-refractivity contribution < 1.29 is 5.11 Å². The standard InChI is InChI=1S/C32H48N6O/c1-7-10-29(37-21-23(3)33-24(4)22-37)31-34-28-14-13-26(20-30(28)38(31)8-2)36-17-15-32(16-18-36,35(5)6)25-11-9-12-27(39)19-25/h9,11-14,19-20,23-24,29,33,39H,7-8,10,15-18,21-22H2,1-6H3/t23-,24+,29?. The van der Waals surface area contributed by atoms with Gasteiger partial charge in [0, 0.05) is 56.0 Å². The largest absolute Gasteiger partial charge is 0.508 e. The highest BCUT2D eigenvalue weighted by atomic mass is 16.3. The number of rotatable bonds is 8. The highest BCUT2D eigenvalue weighted by Crippen LogP contribution is 2.40. The highest BCUT2D eigenvalue weighted by Gasteiger charge is 2.38. The normalized spacial score (nSPS) is 23.0. The Balaban J connectivity index is 1.42. The Bertz CT molecular complexity index is 1250. The Kier molecular flexibility index (Phi) is 8.22. The minimum Gasteiger partial charge on any atom is -0.508 e. The number of nitrogens with zero attached hydrogens (tertiary/aromatic N) is 5. The van der Waals surface area contributed by atoms with Crippen LogP contribution in [0.25, 0.3) is 11.0 Å². The van der Waals surface area contributed by atoms with Crippen molar-refractivity contribution >= 4 is 16.7 Å². The van der Waals surface area contributed by atoms with Crippen molar-refractivity contribution in [1.82, 2.24) is 24.7 Å². The smallest absolute Gasteiger partial charge is 0.127 e. The molecule has 1 unspecified atom stereocenters. The number of aromatic nitrogens is 2. The van der Waals surface area contributed by atoms with Crippen LogP contribution in [-0.4, -0.2) is 76.8 Å². The Morgan fingerprint density at radius 2 is 1.77 bits per heavy atom. The lowest BCUT2D eigenvalue weighted by molar-refractivity contribution is 0.110. The van der Waals surface area contributed by atoms with Crippen LogP contribution in [0.1, 0.15) is 70.8 Å². The summed E-state index contributed by atoms with van der Waals surface area (Å²) in [7, 11) is 4.33. The number of imidazole rings is 1. The van der Waals surface area contributed by atoms with Gasteiger partial charge in [0.2, 0.25) is 0 Å². The Morgan fingerprint density at radius 1 is 1.05 bits per heavy atom. The third-order valence-corrected chi connectivity index (χ3v) is 9.16. The second kappa shape index (κ2) is 11.5. The lowest BCUT2D eigenvalue weighted by Gasteiger charge is -2.47. The summed E-state index contributed by atoms with van der Waals surface area (Å²) >= 11 is 0. The van der Waals surface area contributed by atoms with E-state index in [2.05, 4.69) is 90.6 Å². The van der Waals surface area contributed by atoms with Gasteiger partial charge in [-0.15, -0.1) is 0 Å². The molecule has 0 amide bonds. The van der Waals surface area contributed by atoms with Crippen molar-refractivity contribution in [3.63, 3.8) is 0 Å². The molecule has 5 rings (SSSR count). The van der Waals surface area contributed by atoms with Crippen LogP contribution >= 0.6 is 0 Å². The second-order valence-corrected chi connectivity index (χ2v) is 12.1. The molecule has 2 saturated heterocycles. The summed E-state index contributed by atoms with van der Waals surface area (Å²) in [5.74, 6) is 1.57. The zero-order valence-corrected chi connectivity index (χ0v) is 24.8. The first-order valence-corrected chi connectivity index (χ1v) is 15.0. The third-order valence-electron chi connectivity index (χ3n) is 9.16. The number of anilines is 1. The topological polar surface area (TPSA) is 59.8 Å². The summed E-state index contributed by atoms with van der Waals surface area (Å²) in [5, 5.41) is 13.9. The molecule has 0 aliphatic carbocycles. The van der Waals surface area contributed by atoms with E-state index in [-0.39, 0.29) is 5.54 Å². The predicted molar refractivity (Wildman–Crippen MR) is 162 cm³/mol. The molecule has 7 heteroatoms. The summed E-state index contributed by atoms with van der Waals surface area (Å²) in [4.78, 5) is 12.8. The number of nitrogens with one attached hydrogen (secondary N) is 1. The maximum atomic E-state index is 10.2. The molecule has 3 atom stereocenters. The van der Waals surface area contributed by atoms with Crippen molar-refractivity contribution in [3.8, 4) is 5.75 Å². The number of hydrogen-bond donors (Lipinski definition) is 2. The van der Waals surface area contributed by atoms with Gasteiger partial charge in [0.1, 0.15) is 11.6 Å². The molecule has 2 fully saturated rings. The molecule has 39 heavy (non-hydrogen) atoms. The number of fused-ring (bicyclic) bond motifs is 1. The lowest BCUT2D eigenvalue weighted by Crippen LogP contribution is -2.55. The van der Waals surface area contributed by atoms with Gasteiger partial charge in [-0.25, -0.2) is 4.98 Å². The van der Waals surface area contributed by atoms with Crippen LogP contribution in [-0.2, 0) is 12.1 Å². The number of piperazine rings is 1. The number of aryl methyl sites for hydroxylation is 1. The molecule has 0 bridgehead atoms. The summed E-state index contributed by atoms with van der Waals surface area (Å²) in [6.45, 7) is 14.1. The number of hydrogen-bond acceptors (Lipinski definition) is 6. The molecule has 0 radical (unpaired) electrons. The molecule has 1 aromatic heterocycles. The number of phenols is 1. The van der Waals surface area contributed by atoms with Crippen molar-refractivity contribution in [1.29, 1.82) is 0 Å². The quantitative estimate of drug-likeness (QED) is 0.408. The molecular formula is C32H48N6O. The predicted octanol–water partition coefficient (Wildman–Crippen LogP) is 5.34. The Hall–Kier alpha value is -2.61. The third kappa shape index (κ3) is 5.41. The monoisotopic (exact) mass is 532 g/mol. The van der Waals surface area contributed by atoms with E-state index in [1.165, 1.54) is 22.6 Å². The summed E-state index contributed by atoms with van der Waals surface area (Å²) in [5.41, 5.74) is 4.77. The van der Waals surface area contributed by atoms with Gasteiger partial charge in [-0.05, 0) is 90.0 Å². The number of phenolic OH excluding ortho intramolecular Hbond substituents is 1. The van der Waals surface area contributed by atoms with Gasteiger partial charge in [0.05, 0.1) is 17.1 Å². The van der Waals surface area contributed by atoms with E-state index >= 15 is 0 Å². The van der Waals surface area contributed by atoms with Crippen LogP contribution in [0, 0.1) is 0 Å². The van der Waals surface area contributed by atoms with Gasteiger partial charge in [-0.1, -0.05) is 25.5 Å². The summed E-state index contributed by atoms with van der Waals surface area (Å²) in [6.07, 6.45) is 4.30. The van der Waals surface area contributed by atoms with E-state index < -0.39 is 0 Å². The molecule has 2 aliphatic rings. The molecule has 2 aliphatic heterocycles. The van der Waals surface area contributed by atoms with E-state index in [1.54, 1.807) is 6.07 Å². The Labute approximate surface area is 234 Å². The van der Waals surface area contributed by atoms with Gasteiger partial charge in [-0.3, -0.25) is 9.80 Å². The molecule has 2 aromatic carbocycles. The summed E-state index contributed by atoms with van der Waals surface area (Å²) in [6, 6.07) is 16.0.